The molecule has 5 rings (SSSR count). The fraction of sp³-hybridized carbons (Fsp3) is 0.115. The highest BCUT2D eigenvalue weighted by Crippen LogP contribution is 2.23. The molecule has 3 heterocycles. The van der Waals surface area contributed by atoms with Crippen molar-refractivity contribution in [2.24, 2.45) is 0 Å². The summed E-state index contributed by atoms with van der Waals surface area (Å²) in [5.74, 6) is -0.156. The average molecular weight is 513 g/mol. The molecule has 168 valence electrons. The van der Waals surface area contributed by atoms with E-state index < -0.39 is 0 Å². The quantitative estimate of drug-likeness (QED) is 0.338. The molecule has 2 aromatic carbocycles. The van der Waals surface area contributed by atoms with Gasteiger partial charge in [-0.05, 0) is 64.1 Å². The Morgan fingerprint density at radius 1 is 1.06 bits per heavy atom. The zero-order valence-electron chi connectivity index (χ0n) is 18.4. The molecule has 3 aromatic heterocycles. The zero-order chi connectivity index (χ0) is 23.5. The number of pyridine rings is 2. The maximum absolute atomic E-state index is 13.1. The van der Waals surface area contributed by atoms with Gasteiger partial charge in [0.1, 0.15) is 5.69 Å². The number of carbonyl (C=O) groups excluding carboxylic acids is 1. The van der Waals surface area contributed by atoms with Crippen molar-refractivity contribution in [2.75, 3.05) is 0 Å². The number of aromatic nitrogens is 5. The molecule has 0 spiro atoms. The first-order chi connectivity index (χ1) is 16.6. The van der Waals surface area contributed by atoms with Gasteiger partial charge in [-0.2, -0.15) is 0 Å². The van der Waals surface area contributed by atoms with E-state index >= 15 is 0 Å². The van der Waals surface area contributed by atoms with E-state index in [4.69, 9.17) is 0 Å². The fourth-order valence-corrected chi connectivity index (χ4v) is 4.03. The van der Waals surface area contributed by atoms with Crippen LogP contribution < -0.4 is 5.32 Å². The second-order valence-corrected chi connectivity index (χ2v) is 8.91. The highest BCUT2D eigenvalue weighted by atomic mass is 79.9. The van der Waals surface area contributed by atoms with Gasteiger partial charge in [-0.1, -0.05) is 35.5 Å². The van der Waals surface area contributed by atoms with Gasteiger partial charge in [0.2, 0.25) is 0 Å². The molecule has 7 nitrogen and oxygen atoms in total. The van der Waals surface area contributed by atoms with Gasteiger partial charge in [-0.3, -0.25) is 14.8 Å². The Kier molecular flexibility index (Phi) is 6.14. The maximum atomic E-state index is 13.1. The summed E-state index contributed by atoms with van der Waals surface area (Å²) in [6.07, 6.45) is 7.23. The normalized spacial score (nSPS) is 11.9. The minimum Gasteiger partial charge on any atom is -0.344 e. The van der Waals surface area contributed by atoms with Crippen LogP contribution in [0.2, 0.25) is 0 Å². The molecule has 0 aliphatic heterocycles. The van der Waals surface area contributed by atoms with E-state index in [2.05, 4.69) is 47.6 Å². The van der Waals surface area contributed by atoms with Gasteiger partial charge in [0.05, 0.1) is 24.5 Å². The van der Waals surface area contributed by atoms with E-state index in [0.29, 0.717) is 12.1 Å². The Hall–Kier alpha value is -3.91. The molecule has 0 fully saturated rings. The molecule has 0 saturated carbocycles. The highest BCUT2D eigenvalue weighted by molar-refractivity contribution is 9.10. The first-order valence-corrected chi connectivity index (χ1v) is 11.6. The molecule has 5 aromatic rings. The van der Waals surface area contributed by atoms with Crippen molar-refractivity contribution in [3.05, 3.63) is 107 Å². The number of amides is 1. The van der Waals surface area contributed by atoms with Gasteiger partial charge in [0, 0.05) is 39.6 Å². The van der Waals surface area contributed by atoms with Crippen molar-refractivity contribution in [1.82, 2.24) is 30.3 Å². The number of halogens is 1. The van der Waals surface area contributed by atoms with Crippen LogP contribution in [0.5, 0.6) is 0 Å². The van der Waals surface area contributed by atoms with E-state index in [-0.39, 0.29) is 11.9 Å². The van der Waals surface area contributed by atoms with Crippen molar-refractivity contribution in [2.45, 2.75) is 19.5 Å². The summed E-state index contributed by atoms with van der Waals surface area (Å²) in [6.45, 7) is 2.35. The van der Waals surface area contributed by atoms with E-state index in [9.17, 15) is 4.79 Å². The molecule has 0 saturated heterocycles. The van der Waals surface area contributed by atoms with Crippen LogP contribution >= 0.6 is 15.9 Å². The molecule has 34 heavy (non-hydrogen) atoms. The SMILES string of the molecule is CC(NC(=O)c1ccccc1Cn1cc(-c2ccc3cnccc3c2)nn1)c1ccc(Br)cn1. The molecular formula is C26H21BrN6O. The summed E-state index contributed by atoms with van der Waals surface area (Å²) in [5, 5.41) is 13.8. The lowest BCUT2D eigenvalue weighted by molar-refractivity contribution is 0.0938. The van der Waals surface area contributed by atoms with Gasteiger partial charge in [-0.25, -0.2) is 4.68 Å². The molecule has 1 atom stereocenters. The summed E-state index contributed by atoms with van der Waals surface area (Å²) < 4.78 is 2.64. The van der Waals surface area contributed by atoms with E-state index in [1.165, 1.54) is 0 Å². The van der Waals surface area contributed by atoms with Crippen LogP contribution in [0.25, 0.3) is 22.0 Å². The Morgan fingerprint density at radius 2 is 1.94 bits per heavy atom. The molecule has 0 aliphatic carbocycles. The largest absolute Gasteiger partial charge is 0.344 e. The second-order valence-electron chi connectivity index (χ2n) is 7.99. The fourth-order valence-electron chi connectivity index (χ4n) is 3.80. The van der Waals surface area contributed by atoms with Crippen LogP contribution in [0.4, 0.5) is 0 Å². The number of rotatable bonds is 6. The Bertz CT molecular complexity index is 1460. The standard InChI is InChI=1S/C26H21BrN6O/c1-17(24-9-8-22(27)14-29-24)30-26(34)23-5-3-2-4-21(23)15-33-16-25(31-32-33)19-6-7-20-13-28-11-10-18(20)12-19/h2-14,16-17H,15H2,1H3,(H,30,34). The Morgan fingerprint density at radius 3 is 2.79 bits per heavy atom. The summed E-state index contributed by atoms with van der Waals surface area (Å²) in [5.41, 5.74) is 4.00. The van der Waals surface area contributed by atoms with Crippen molar-refractivity contribution >= 4 is 32.6 Å². The lowest BCUT2D eigenvalue weighted by atomic mass is 10.1. The smallest absolute Gasteiger partial charge is 0.252 e. The van der Waals surface area contributed by atoms with Crippen LogP contribution in [0.1, 0.15) is 34.6 Å². The van der Waals surface area contributed by atoms with E-state index in [1.807, 2.05) is 73.9 Å². The second kappa shape index (κ2) is 9.52. The molecule has 1 N–H and O–H groups in total. The Balaban J connectivity index is 1.34. The summed E-state index contributed by atoms with van der Waals surface area (Å²) >= 11 is 3.38. The number of nitrogens with zero attached hydrogens (tertiary/aromatic N) is 5. The minimum atomic E-state index is -0.227. The zero-order valence-corrected chi connectivity index (χ0v) is 20.0. The van der Waals surface area contributed by atoms with Crippen LogP contribution in [0.15, 0.2) is 89.9 Å². The van der Waals surface area contributed by atoms with Gasteiger partial charge in [-0.15, -0.1) is 5.10 Å². The average Bonchev–Trinajstić information content (AvgIpc) is 3.33. The predicted molar refractivity (Wildman–Crippen MR) is 134 cm³/mol. The number of fused-ring (bicyclic) bond motifs is 1. The predicted octanol–water partition coefficient (Wildman–Crippen LogP) is 5.19. The molecule has 0 bridgehead atoms. The number of hydrogen-bond donors (Lipinski definition) is 1. The molecular weight excluding hydrogens is 492 g/mol. The van der Waals surface area contributed by atoms with Crippen molar-refractivity contribution in [3.63, 3.8) is 0 Å². The monoisotopic (exact) mass is 512 g/mol. The molecule has 1 unspecified atom stereocenters. The first kappa shape index (κ1) is 21.9. The number of hydrogen-bond acceptors (Lipinski definition) is 5. The number of nitrogens with one attached hydrogen (secondary N) is 1. The third-order valence-corrected chi connectivity index (χ3v) is 6.08. The third kappa shape index (κ3) is 4.72. The topological polar surface area (TPSA) is 85.6 Å². The first-order valence-electron chi connectivity index (χ1n) is 10.8. The van der Waals surface area contributed by atoms with Crippen molar-refractivity contribution < 1.29 is 4.79 Å². The Labute approximate surface area is 205 Å². The van der Waals surface area contributed by atoms with Gasteiger partial charge in [0.15, 0.2) is 0 Å². The van der Waals surface area contributed by atoms with Crippen molar-refractivity contribution in [3.8, 4) is 11.3 Å². The highest BCUT2D eigenvalue weighted by Gasteiger charge is 2.16. The van der Waals surface area contributed by atoms with Gasteiger partial charge in [0.25, 0.3) is 5.91 Å². The minimum absolute atomic E-state index is 0.156. The molecule has 1 amide bonds. The number of benzene rings is 2. The summed E-state index contributed by atoms with van der Waals surface area (Å²) in [6, 6.07) is 19.2. The molecule has 8 heteroatoms. The van der Waals surface area contributed by atoms with Crippen LogP contribution in [-0.2, 0) is 6.54 Å². The lowest BCUT2D eigenvalue weighted by Crippen LogP contribution is -2.28. The number of carbonyl (C=O) groups is 1. The van der Waals surface area contributed by atoms with Gasteiger partial charge >= 0.3 is 0 Å². The van der Waals surface area contributed by atoms with E-state index in [1.54, 1.807) is 17.1 Å². The molecule has 0 aliphatic rings. The summed E-state index contributed by atoms with van der Waals surface area (Å²) in [7, 11) is 0. The van der Waals surface area contributed by atoms with Crippen LogP contribution in [0.3, 0.4) is 0 Å². The maximum Gasteiger partial charge on any atom is 0.252 e. The van der Waals surface area contributed by atoms with Crippen molar-refractivity contribution in [1.29, 1.82) is 0 Å². The van der Waals surface area contributed by atoms with E-state index in [0.717, 1.165) is 37.8 Å². The lowest BCUT2D eigenvalue weighted by Gasteiger charge is -2.15. The summed E-state index contributed by atoms with van der Waals surface area (Å²) in [4.78, 5) is 21.6. The van der Waals surface area contributed by atoms with Crippen LogP contribution in [-0.4, -0.2) is 30.9 Å². The molecule has 0 radical (unpaired) electrons. The third-order valence-electron chi connectivity index (χ3n) is 5.61. The van der Waals surface area contributed by atoms with Crippen LogP contribution in [0, 0.1) is 0 Å². The van der Waals surface area contributed by atoms with Gasteiger partial charge < -0.3 is 5.32 Å².